The monoisotopic (exact) mass is 266 g/mol. The van der Waals surface area contributed by atoms with Crippen molar-refractivity contribution in [3.63, 3.8) is 0 Å². The maximum atomic E-state index is 8.79. The summed E-state index contributed by atoms with van der Waals surface area (Å²) in [4.78, 5) is 0. The van der Waals surface area contributed by atoms with E-state index in [1.807, 2.05) is 36.5 Å². The standard InChI is InChI=1S/C11H11BrN2O/c12-9-2-1-3-11(8-9)14-6-4-10(13-14)5-7-15/h1-4,6,8,15H,5,7H2. The van der Waals surface area contributed by atoms with Crippen LogP contribution in [0.1, 0.15) is 5.69 Å². The van der Waals surface area contributed by atoms with Crippen molar-refractivity contribution >= 4 is 15.9 Å². The van der Waals surface area contributed by atoms with Crippen LogP contribution >= 0.6 is 15.9 Å². The van der Waals surface area contributed by atoms with Gasteiger partial charge in [0.1, 0.15) is 0 Å². The summed E-state index contributed by atoms with van der Waals surface area (Å²) in [6, 6.07) is 9.84. The summed E-state index contributed by atoms with van der Waals surface area (Å²) < 4.78 is 2.83. The smallest absolute Gasteiger partial charge is 0.0656 e. The minimum absolute atomic E-state index is 0.134. The van der Waals surface area contributed by atoms with Crippen molar-refractivity contribution in [3.8, 4) is 5.69 Å². The fourth-order valence-electron chi connectivity index (χ4n) is 1.37. The maximum Gasteiger partial charge on any atom is 0.0656 e. The molecule has 3 nitrogen and oxygen atoms in total. The summed E-state index contributed by atoms with van der Waals surface area (Å²) in [5, 5.41) is 13.1. The van der Waals surface area contributed by atoms with Gasteiger partial charge in [-0.15, -0.1) is 0 Å². The molecule has 0 fully saturated rings. The van der Waals surface area contributed by atoms with Crippen molar-refractivity contribution in [2.24, 2.45) is 0 Å². The van der Waals surface area contributed by atoms with Gasteiger partial charge < -0.3 is 5.11 Å². The Morgan fingerprint density at radius 1 is 1.33 bits per heavy atom. The third kappa shape index (κ3) is 2.46. The van der Waals surface area contributed by atoms with E-state index in [0.29, 0.717) is 6.42 Å². The molecule has 1 heterocycles. The molecule has 2 aromatic rings. The number of halogens is 1. The van der Waals surface area contributed by atoms with E-state index < -0.39 is 0 Å². The fraction of sp³-hybridized carbons (Fsp3) is 0.182. The Labute approximate surface area is 96.5 Å². The highest BCUT2D eigenvalue weighted by molar-refractivity contribution is 9.10. The van der Waals surface area contributed by atoms with Crippen LogP contribution in [0.15, 0.2) is 41.0 Å². The lowest BCUT2D eigenvalue weighted by atomic mass is 10.3. The SMILES string of the molecule is OCCc1ccn(-c2cccc(Br)c2)n1. The number of rotatable bonds is 3. The zero-order chi connectivity index (χ0) is 10.7. The van der Waals surface area contributed by atoms with Gasteiger partial charge in [0.15, 0.2) is 0 Å². The maximum absolute atomic E-state index is 8.79. The first kappa shape index (κ1) is 10.4. The number of aliphatic hydroxyl groups excluding tert-OH is 1. The quantitative estimate of drug-likeness (QED) is 0.925. The summed E-state index contributed by atoms with van der Waals surface area (Å²) in [6.45, 7) is 0.134. The van der Waals surface area contributed by atoms with Crippen molar-refractivity contribution in [3.05, 3.63) is 46.7 Å². The molecule has 1 N–H and O–H groups in total. The second-order valence-corrected chi connectivity index (χ2v) is 4.12. The molecule has 0 radical (unpaired) electrons. The lowest BCUT2D eigenvalue weighted by Crippen LogP contribution is -1.97. The van der Waals surface area contributed by atoms with Crippen LogP contribution in [0.4, 0.5) is 0 Å². The molecule has 4 heteroatoms. The van der Waals surface area contributed by atoms with Gasteiger partial charge in [0.25, 0.3) is 0 Å². The predicted molar refractivity (Wildman–Crippen MR) is 62.1 cm³/mol. The van der Waals surface area contributed by atoms with Gasteiger partial charge >= 0.3 is 0 Å². The van der Waals surface area contributed by atoms with Crippen LogP contribution in [0.2, 0.25) is 0 Å². The Kier molecular flexibility index (Phi) is 3.18. The predicted octanol–water partition coefficient (Wildman–Crippen LogP) is 2.17. The van der Waals surface area contributed by atoms with Crippen LogP contribution in [0.5, 0.6) is 0 Å². The molecule has 0 saturated carbocycles. The second-order valence-electron chi connectivity index (χ2n) is 3.21. The Hall–Kier alpha value is -1.13. The van der Waals surface area contributed by atoms with Gasteiger partial charge in [-0.1, -0.05) is 22.0 Å². The highest BCUT2D eigenvalue weighted by atomic mass is 79.9. The van der Waals surface area contributed by atoms with Crippen molar-refractivity contribution in [1.82, 2.24) is 9.78 Å². The molecule has 0 atom stereocenters. The number of benzene rings is 1. The third-order valence-electron chi connectivity index (χ3n) is 2.08. The Balaban J connectivity index is 2.29. The molecule has 0 aliphatic rings. The highest BCUT2D eigenvalue weighted by Crippen LogP contribution is 2.15. The molecular weight excluding hydrogens is 256 g/mol. The van der Waals surface area contributed by atoms with E-state index in [1.54, 1.807) is 4.68 Å². The van der Waals surface area contributed by atoms with E-state index in [2.05, 4.69) is 21.0 Å². The molecule has 1 aromatic heterocycles. The van der Waals surface area contributed by atoms with Crippen LogP contribution in [-0.4, -0.2) is 21.5 Å². The van der Waals surface area contributed by atoms with E-state index in [-0.39, 0.29) is 6.61 Å². The molecule has 15 heavy (non-hydrogen) atoms. The number of nitrogens with zero attached hydrogens (tertiary/aromatic N) is 2. The molecule has 2 rings (SSSR count). The summed E-state index contributed by atoms with van der Waals surface area (Å²) in [5.74, 6) is 0. The molecule has 0 saturated heterocycles. The summed E-state index contributed by atoms with van der Waals surface area (Å²) in [7, 11) is 0. The van der Waals surface area contributed by atoms with E-state index in [4.69, 9.17) is 5.11 Å². The van der Waals surface area contributed by atoms with Gasteiger partial charge in [0.05, 0.1) is 11.4 Å². The van der Waals surface area contributed by atoms with Crippen LogP contribution in [0.3, 0.4) is 0 Å². The average Bonchev–Trinajstić information content (AvgIpc) is 2.67. The van der Waals surface area contributed by atoms with Gasteiger partial charge in [0.2, 0.25) is 0 Å². The fourth-order valence-corrected chi connectivity index (χ4v) is 1.76. The van der Waals surface area contributed by atoms with Crippen molar-refractivity contribution < 1.29 is 5.11 Å². The van der Waals surface area contributed by atoms with E-state index >= 15 is 0 Å². The second kappa shape index (κ2) is 4.59. The van der Waals surface area contributed by atoms with Gasteiger partial charge in [-0.25, -0.2) is 4.68 Å². The number of hydrogen-bond donors (Lipinski definition) is 1. The van der Waals surface area contributed by atoms with Gasteiger partial charge in [-0.05, 0) is 24.3 Å². The Morgan fingerprint density at radius 3 is 2.93 bits per heavy atom. The first-order valence-corrected chi connectivity index (χ1v) is 5.50. The van der Waals surface area contributed by atoms with Crippen LogP contribution in [-0.2, 0) is 6.42 Å². The average molecular weight is 267 g/mol. The van der Waals surface area contributed by atoms with Crippen molar-refractivity contribution in [2.45, 2.75) is 6.42 Å². The molecule has 0 bridgehead atoms. The summed E-state index contributed by atoms with van der Waals surface area (Å²) in [6.07, 6.45) is 2.49. The van der Waals surface area contributed by atoms with Gasteiger partial charge in [-0.2, -0.15) is 5.10 Å². The summed E-state index contributed by atoms with van der Waals surface area (Å²) in [5.41, 5.74) is 1.91. The first-order chi connectivity index (χ1) is 7.29. The minimum atomic E-state index is 0.134. The Morgan fingerprint density at radius 2 is 2.20 bits per heavy atom. The number of aliphatic hydroxyl groups is 1. The highest BCUT2D eigenvalue weighted by Gasteiger charge is 2.00. The molecule has 1 aromatic carbocycles. The first-order valence-electron chi connectivity index (χ1n) is 4.71. The lowest BCUT2D eigenvalue weighted by molar-refractivity contribution is 0.298. The molecule has 0 aliphatic heterocycles. The van der Waals surface area contributed by atoms with E-state index in [0.717, 1.165) is 15.9 Å². The van der Waals surface area contributed by atoms with Crippen LogP contribution in [0.25, 0.3) is 5.69 Å². The molecule has 0 aliphatic carbocycles. The van der Waals surface area contributed by atoms with Gasteiger partial charge in [0, 0.05) is 23.7 Å². The number of hydrogen-bond acceptors (Lipinski definition) is 2. The van der Waals surface area contributed by atoms with Crippen molar-refractivity contribution in [1.29, 1.82) is 0 Å². The van der Waals surface area contributed by atoms with E-state index in [9.17, 15) is 0 Å². The van der Waals surface area contributed by atoms with Crippen LogP contribution in [0, 0.1) is 0 Å². The zero-order valence-electron chi connectivity index (χ0n) is 8.10. The number of aromatic nitrogens is 2. The van der Waals surface area contributed by atoms with Crippen LogP contribution < -0.4 is 0 Å². The third-order valence-corrected chi connectivity index (χ3v) is 2.58. The molecule has 0 spiro atoms. The molecular formula is C11H11BrN2O. The molecule has 78 valence electrons. The largest absolute Gasteiger partial charge is 0.396 e. The summed E-state index contributed by atoms with van der Waals surface area (Å²) >= 11 is 3.42. The molecule has 0 unspecified atom stereocenters. The van der Waals surface area contributed by atoms with Crippen molar-refractivity contribution in [2.75, 3.05) is 6.61 Å². The van der Waals surface area contributed by atoms with Gasteiger partial charge in [-0.3, -0.25) is 0 Å². The lowest BCUT2D eigenvalue weighted by Gasteiger charge is -2.01. The zero-order valence-corrected chi connectivity index (χ0v) is 9.68. The Bertz CT molecular complexity index is 453. The minimum Gasteiger partial charge on any atom is -0.396 e. The molecule has 0 amide bonds. The van der Waals surface area contributed by atoms with E-state index in [1.165, 1.54) is 0 Å². The normalized spacial score (nSPS) is 10.5. The topological polar surface area (TPSA) is 38.0 Å².